The molecular weight excluding hydrogens is 326 g/mol. The summed E-state index contributed by atoms with van der Waals surface area (Å²) in [4.78, 5) is 17.2. The van der Waals surface area contributed by atoms with Crippen molar-refractivity contribution in [3.63, 3.8) is 0 Å². The molecule has 1 amide bonds. The minimum Gasteiger partial charge on any atom is -0.494 e. The Morgan fingerprint density at radius 3 is 2.50 bits per heavy atom. The van der Waals surface area contributed by atoms with Crippen LogP contribution in [0.15, 0.2) is 48.5 Å². The second-order valence-electron chi connectivity index (χ2n) is 6.67. The number of carbonyl (C=O) groups excluding carboxylic acids is 1. The predicted molar refractivity (Wildman–Crippen MR) is 106 cm³/mol. The number of hydrogen-bond acceptors (Lipinski definition) is 4. The third kappa shape index (κ3) is 4.76. The average Bonchev–Trinajstić information content (AvgIpc) is 2.68. The molecule has 0 atom stereocenters. The third-order valence-electron chi connectivity index (χ3n) is 4.56. The van der Waals surface area contributed by atoms with Crippen molar-refractivity contribution in [3.05, 3.63) is 54.1 Å². The summed E-state index contributed by atoms with van der Waals surface area (Å²) >= 11 is 0. The largest absolute Gasteiger partial charge is 0.494 e. The number of ether oxygens (including phenoxy) is 1. The highest BCUT2D eigenvalue weighted by Gasteiger charge is 2.14. The Hall–Kier alpha value is -2.53. The second kappa shape index (κ2) is 8.72. The van der Waals surface area contributed by atoms with E-state index in [9.17, 15) is 4.79 Å². The van der Waals surface area contributed by atoms with Crippen LogP contribution in [0.25, 0.3) is 0 Å². The van der Waals surface area contributed by atoms with Crippen LogP contribution in [0.3, 0.4) is 0 Å². The number of piperazine rings is 1. The molecule has 0 spiro atoms. The van der Waals surface area contributed by atoms with Gasteiger partial charge in [-0.3, -0.25) is 4.79 Å². The van der Waals surface area contributed by atoms with Crippen molar-refractivity contribution in [1.29, 1.82) is 0 Å². The van der Waals surface area contributed by atoms with Gasteiger partial charge in [0.15, 0.2) is 0 Å². The Kier molecular flexibility index (Phi) is 6.12. The summed E-state index contributed by atoms with van der Waals surface area (Å²) in [7, 11) is 2.15. The van der Waals surface area contributed by atoms with Gasteiger partial charge >= 0.3 is 0 Å². The molecule has 1 N–H and O–H groups in total. The van der Waals surface area contributed by atoms with Crippen LogP contribution in [-0.2, 0) is 0 Å². The molecule has 0 unspecified atom stereocenters. The van der Waals surface area contributed by atoms with Gasteiger partial charge in [-0.15, -0.1) is 0 Å². The fourth-order valence-corrected chi connectivity index (χ4v) is 2.97. The van der Waals surface area contributed by atoms with Gasteiger partial charge in [0.2, 0.25) is 0 Å². The first-order valence-corrected chi connectivity index (χ1v) is 9.23. The molecule has 0 aromatic heterocycles. The molecule has 3 rings (SSSR count). The van der Waals surface area contributed by atoms with E-state index in [1.54, 1.807) is 12.1 Å². The fourth-order valence-electron chi connectivity index (χ4n) is 2.97. The normalized spacial score (nSPS) is 14.9. The Bertz CT molecular complexity index is 722. The first kappa shape index (κ1) is 18.3. The van der Waals surface area contributed by atoms with Gasteiger partial charge in [-0.25, -0.2) is 0 Å². The van der Waals surface area contributed by atoms with E-state index in [1.165, 1.54) is 5.69 Å². The lowest BCUT2D eigenvalue weighted by Crippen LogP contribution is -2.44. The van der Waals surface area contributed by atoms with Crippen molar-refractivity contribution in [1.82, 2.24) is 4.90 Å². The topological polar surface area (TPSA) is 44.8 Å². The van der Waals surface area contributed by atoms with Crippen LogP contribution in [0.5, 0.6) is 5.75 Å². The summed E-state index contributed by atoms with van der Waals surface area (Å²) in [6.45, 7) is 6.94. The van der Waals surface area contributed by atoms with Crippen LogP contribution < -0.4 is 15.0 Å². The molecule has 0 bridgehead atoms. The Morgan fingerprint density at radius 1 is 1.08 bits per heavy atom. The van der Waals surface area contributed by atoms with Gasteiger partial charge in [0.25, 0.3) is 5.91 Å². The highest BCUT2D eigenvalue weighted by atomic mass is 16.5. The Labute approximate surface area is 155 Å². The van der Waals surface area contributed by atoms with Crippen LogP contribution in [-0.4, -0.2) is 50.6 Å². The van der Waals surface area contributed by atoms with Crippen LogP contribution >= 0.6 is 0 Å². The van der Waals surface area contributed by atoms with Gasteiger partial charge in [0.05, 0.1) is 6.61 Å². The van der Waals surface area contributed by atoms with E-state index in [-0.39, 0.29) is 5.91 Å². The lowest BCUT2D eigenvalue weighted by molar-refractivity contribution is 0.102. The maximum absolute atomic E-state index is 12.5. The number of amides is 1. The highest BCUT2D eigenvalue weighted by molar-refractivity contribution is 6.04. The molecule has 5 nitrogen and oxygen atoms in total. The summed E-state index contributed by atoms with van der Waals surface area (Å²) in [6, 6.07) is 15.4. The van der Waals surface area contributed by atoms with E-state index < -0.39 is 0 Å². The van der Waals surface area contributed by atoms with Gasteiger partial charge < -0.3 is 19.9 Å². The van der Waals surface area contributed by atoms with E-state index in [0.717, 1.165) is 44.0 Å². The van der Waals surface area contributed by atoms with Crippen LogP contribution in [0.2, 0.25) is 0 Å². The molecule has 2 aromatic rings. The molecule has 1 aliphatic rings. The molecule has 1 aliphatic heterocycles. The molecule has 1 fully saturated rings. The summed E-state index contributed by atoms with van der Waals surface area (Å²) in [5, 5.41) is 2.96. The lowest BCUT2D eigenvalue weighted by Gasteiger charge is -2.34. The minimum atomic E-state index is -0.126. The van der Waals surface area contributed by atoms with Crippen molar-refractivity contribution in [2.24, 2.45) is 0 Å². The molecule has 1 heterocycles. The van der Waals surface area contributed by atoms with Crippen molar-refractivity contribution >= 4 is 17.3 Å². The van der Waals surface area contributed by atoms with Crippen LogP contribution in [0.1, 0.15) is 23.7 Å². The lowest BCUT2D eigenvalue weighted by atomic mass is 10.2. The predicted octanol–water partition coefficient (Wildman–Crippen LogP) is 3.48. The monoisotopic (exact) mass is 353 g/mol. The maximum Gasteiger partial charge on any atom is 0.255 e. The van der Waals surface area contributed by atoms with Gasteiger partial charge in [-0.05, 0) is 55.9 Å². The van der Waals surface area contributed by atoms with Gasteiger partial charge in [-0.2, -0.15) is 0 Å². The van der Waals surface area contributed by atoms with E-state index in [2.05, 4.69) is 41.2 Å². The van der Waals surface area contributed by atoms with Crippen LogP contribution in [0.4, 0.5) is 11.4 Å². The second-order valence-corrected chi connectivity index (χ2v) is 6.67. The molecular formula is C21H27N3O2. The zero-order valence-corrected chi connectivity index (χ0v) is 15.6. The van der Waals surface area contributed by atoms with E-state index in [1.807, 2.05) is 24.3 Å². The number of nitrogens with zero attached hydrogens (tertiary/aromatic N) is 2. The first-order valence-electron chi connectivity index (χ1n) is 9.23. The fraction of sp³-hybridized carbons (Fsp3) is 0.381. The summed E-state index contributed by atoms with van der Waals surface area (Å²) in [5.41, 5.74) is 2.60. The van der Waals surface area contributed by atoms with Gasteiger partial charge in [-0.1, -0.05) is 13.0 Å². The zero-order valence-electron chi connectivity index (χ0n) is 15.6. The molecule has 0 saturated carbocycles. The van der Waals surface area contributed by atoms with Crippen LogP contribution in [0, 0.1) is 0 Å². The summed E-state index contributed by atoms with van der Waals surface area (Å²) in [6.07, 6.45) is 0.941. The van der Waals surface area contributed by atoms with E-state index >= 15 is 0 Å². The van der Waals surface area contributed by atoms with Crippen molar-refractivity contribution in [3.8, 4) is 5.75 Å². The molecule has 0 aliphatic carbocycles. The number of hydrogen-bond donors (Lipinski definition) is 1. The SMILES string of the molecule is CCCOc1cccc(C(=O)Nc2ccc(N3CCN(C)CC3)cc2)c1. The molecule has 5 heteroatoms. The molecule has 138 valence electrons. The van der Waals surface area contributed by atoms with Gasteiger partial charge in [0.1, 0.15) is 5.75 Å². The Morgan fingerprint density at radius 2 is 1.81 bits per heavy atom. The molecule has 26 heavy (non-hydrogen) atoms. The Balaban J connectivity index is 1.61. The molecule has 2 aromatic carbocycles. The molecule has 1 saturated heterocycles. The first-order chi connectivity index (χ1) is 12.7. The number of benzene rings is 2. The number of nitrogens with one attached hydrogen (secondary N) is 1. The number of likely N-dealkylation sites (N-methyl/N-ethyl adjacent to an activating group) is 1. The highest BCUT2D eigenvalue weighted by Crippen LogP contribution is 2.20. The smallest absolute Gasteiger partial charge is 0.255 e. The standard InChI is InChI=1S/C21H27N3O2/c1-3-15-26-20-6-4-5-17(16-20)21(25)22-18-7-9-19(10-8-18)24-13-11-23(2)12-14-24/h4-10,16H,3,11-15H2,1-2H3,(H,22,25). The van der Waals surface area contributed by atoms with E-state index in [4.69, 9.17) is 4.74 Å². The number of anilines is 2. The van der Waals surface area contributed by atoms with Crippen molar-refractivity contribution < 1.29 is 9.53 Å². The third-order valence-corrected chi connectivity index (χ3v) is 4.56. The van der Waals surface area contributed by atoms with Gasteiger partial charge in [0, 0.05) is 43.1 Å². The quantitative estimate of drug-likeness (QED) is 0.864. The van der Waals surface area contributed by atoms with E-state index in [0.29, 0.717) is 12.2 Å². The molecule has 0 radical (unpaired) electrons. The number of rotatable bonds is 6. The minimum absolute atomic E-state index is 0.126. The zero-order chi connectivity index (χ0) is 18.4. The summed E-state index contributed by atoms with van der Waals surface area (Å²) in [5.74, 6) is 0.601. The van der Waals surface area contributed by atoms with Crippen molar-refractivity contribution in [2.75, 3.05) is 50.1 Å². The van der Waals surface area contributed by atoms with Crippen molar-refractivity contribution in [2.45, 2.75) is 13.3 Å². The number of carbonyl (C=O) groups is 1. The average molecular weight is 353 g/mol. The summed E-state index contributed by atoms with van der Waals surface area (Å²) < 4.78 is 5.60. The maximum atomic E-state index is 12.5.